The monoisotopic (exact) mass is 614 g/mol. The highest BCUT2D eigenvalue weighted by molar-refractivity contribution is 7.90. The molecule has 2 aromatic rings. The Kier molecular flexibility index (Phi) is 10.8. The predicted molar refractivity (Wildman–Crippen MR) is 170 cm³/mol. The zero-order chi connectivity index (χ0) is 30.3. The summed E-state index contributed by atoms with van der Waals surface area (Å²) < 4.78 is 33.8. The summed E-state index contributed by atoms with van der Waals surface area (Å²) in [6.07, 6.45) is 8.47. The minimum absolute atomic E-state index is 0.0817. The van der Waals surface area contributed by atoms with Gasteiger partial charge in [0.15, 0.2) is 0 Å². The van der Waals surface area contributed by atoms with Crippen LogP contribution in [0.25, 0.3) is 0 Å². The molecule has 0 radical (unpaired) electrons. The lowest BCUT2D eigenvalue weighted by Crippen LogP contribution is -2.46. The summed E-state index contributed by atoms with van der Waals surface area (Å²) in [5.41, 5.74) is 1.67. The molecule has 0 bridgehead atoms. The van der Waals surface area contributed by atoms with Crippen LogP contribution in [0.2, 0.25) is 5.02 Å². The second-order valence-electron chi connectivity index (χ2n) is 11.6. The molecule has 228 valence electrons. The molecule has 7 nitrogen and oxygen atoms in total. The molecule has 1 aliphatic heterocycles. The number of allylic oxidation sites excluding steroid dienone is 1. The van der Waals surface area contributed by atoms with E-state index in [9.17, 15) is 18.3 Å². The zero-order valence-corrected chi connectivity index (χ0v) is 26.0. The van der Waals surface area contributed by atoms with E-state index in [0.29, 0.717) is 43.3 Å². The number of anilines is 1. The van der Waals surface area contributed by atoms with Gasteiger partial charge in [0.1, 0.15) is 5.75 Å². The number of carbonyl (C=O) groups excluding carboxylic acids is 1. The van der Waals surface area contributed by atoms with Crippen molar-refractivity contribution in [2.24, 2.45) is 11.8 Å². The number of hydrogen-bond donors (Lipinski definition) is 2. The van der Waals surface area contributed by atoms with E-state index in [1.807, 2.05) is 18.2 Å². The number of unbranched alkanes of at least 4 members (excludes halogenated alkanes) is 1. The van der Waals surface area contributed by atoms with Crippen LogP contribution in [0.4, 0.5) is 5.69 Å². The highest BCUT2D eigenvalue weighted by Crippen LogP contribution is 2.42. The fourth-order valence-corrected chi connectivity index (χ4v) is 7.59. The number of halogens is 1. The number of hydrogen-bond acceptors (Lipinski definition) is 6. The van der Waals surface area contributed by atoms with Crippen LogP contribution in [0.15, 0.2) is 67.8 Å². The van der Waals surface area contributed by atoms with E-state index in [0.717, 1.165) is 43.4 Å². The number of nitrogens with zero attached hydrogens (tertiary/aromatic N) is 1. The third-order valence-electron chi connectivity index (χ3n) is 8.85. The van der Waals surface area contributed by atoms with Crippen LogP contribution in [0.1, 0.15) is 67.8 Å². The second-order valence-corrected chi connectivity index (χ2v) is 13.9. The van der Waals surface area contributed by atoms with Gasteiger partial charge in [-0.3, -0.25) is 4.79 Å². The lowest BCUT2D eigenvalue weighted by atomic mass is 9.75. The number of benzene rings is 2. The maximum atomic E-state index is 13.2. The van der Waals surface area contributed by atoms with Gasteiger partial charge < -0.3 is 14.7 Å². The van der Waals surface area contributed by atoms with E-state index in [-0.39, 0.29) is 28.6 Å². The van der Waals surface area contributed by atoms with Gasteiger partial charge in [-0.2, -0.15) is 0 Å². The molecule has 1 saturated carbocycles. The standard InChI is InChI=1S/C33H43ClN2O5S/c1-4-7-10-18-42(39,40)35-32(38)24-16-17-31-29(19-24)36(21-25-12-8-9-15-28(25)30(37)5-2)22-33(6-3,23-41-31)26-13-11-14-27(34)20-26/h4-5,11,13-14,16-17,19-20,25,28,30,37H,1-2,6-10,12,15,18,21-23H2,3H3,(H,35,38)/t25-,28-,30?,33?/m0/s1. The van der Waals surface area contributed by atoms with E-state index in [1.54, 1.807) is 30.4 Å². The normalized spacial score (nSPS) is 23.2. The molecule has 0 spiro atoms. The summed E-state index contributed by atoms with van der Waals surface area (Å²) in [6, 6.07) is 13.0. The molecule has 0 aromatic heterocycles. The average Bonchev–Trinajstić information content (AvgIpc) is 3.14. The molecule has 9 heteroatoms. The highest BCUT2D eigenvalue weighted by atomic mass is 35.5. The van der Waals surface area contributed by atoms with Gasteiger partial charge >= 0.3 is 0 Å². The predicted octanol–water partition coefficient (Wildman–Crippen LogP) is 6.27. The maximum Gasteiger partial charge on any atom is 0.264 e. The SMILES string of the molecule is C=CCCCS(=O)(=O)NC(=O)c1ccc2c(c1)N(C[C@@H]1CCCC[C@@H]1C(O)C=C)CC(CC)(c1cccc(Cl)c1)CO2. The summed E-state index contributed by atoms with van der Waals surface area (Å²) in [6.45, 7) is 11.3. The number of ether oxygens (including phenoxy) is 1. The van der Waals surface area contributed by atoms with Gasteiger partial charge in [0, 0.05) is 29.1 Å². The summed E-state index contributed by atoms with van der Waals surface area (Å²) in [7, 11) is -3.79. The quantitative estimate of drug-likeness (QED) is 0.216. The first-order chi connectivity index (χ1) is 20.1. The molecule has 0 saturated heterocycles. The Morgan fingerprint density at radius 2 is 2.02 bits per heavy atom. The topological polar surface area (TPSA) is 95.9 Å². The molecule has 1 fully saturated rings. The number of nitrogens with one attached hydrogen (secondary N) is 1. The molecule has 1 aliphatic carbocycles. The fraction of sp³-hybridized carbons (Fsp3) is 0.485. The van der Waals surface area contributed by atoms with Gasteiger partial charge in [-0.15, -0.1) is 13.2 Å². The largest absolute Gasteiger partial charge is 0.490 e. The molecular weight excluding hydrogens is 572 g/mol. The Bertz CT molecular complexity index is 1380. The molecule has 4 rings (SSSR count). The van der Waals surface area contributed by atoms with Crippen LogP contribution in [-0.2, 0) is 15.4 Å². The zero-order valence-electron chi connectivity index (χ0n) is 24.4. The number of aliphatic hydroxyl groups excluding tert-OH is 1. The maximum absolute atomic E-state index is 13.2. The molecule has 2 aromatic carbocycles. The molecule has 1 heterocycles. The van der Waals surface area contributed by atoms with Crippen molar-refractivity contribution in [3.8, 4) is 5.75 Å². The summed E-state index contributed by atoms with van der Waals surface area (Å²) >= 11 is 6.43. The first-order valence-electron chi connectivity index (χ1n) is 14.9. The smallest absolute Gasteiger partial charge is 0.264 e. The fourth-order valence-electron chi connectivity index (χ4n) is 6.35. The first kappa shape index (κ1) is 32.1. The van der Waals surface area contributed by atoms with Crippen molar-refractivity contribution in [2.75, 3.05) is 30.3 Å². The van der Waals surface area contributed by atoms with Crippen molar-refractivity contribution in [1.82, 2.24) is 4.72 Å². The van der Waals surface area contributed by atoms with Crippen LogP contribution in [0, 0.1) is 11.8 Å². The van der Waals surface area contributed by atoms with Crippen molar-refractivity contribution in [1.29, 1.82) is 0 Å². The Morgan fingerprint density at radius 3 is 2.74 bits per heavy atom. The van der Waals surface area contributed by atoms with Crippen LogP contribution in [0.5, 0.6) is 5.75 Å². The summed E-state index contributed by atoms with van der Waals surface area (Å²) in [5, 5.41) is 11.5. The minimum atomic E-state index is -3.79. The van der Waals surface area contributed by atoms with E-state index in [2.05, 4.69) is 35.8 Å². The number of carbonyl (C=O) groups is 1. The van der Waals surface area contributed by atoms with Crippen molar-refractivity contribution in [3.05, 3.63) is 83.9 Å². The van der Waals surface area contributed by atoms with Gasteiger partial charge in [0.25, 0.3) is 5.91 Å². The van der Waals surface area contributed by atoms with Crippen LogP contribution >= 0.6 is 11.6 Å². The molecule has 4 atom stereocenters. The third-order valence-corrected chi connectivity index (χ3v) is 10.4. The van der Waals surface area contributed by atoms with Crippen molar-refractivity contribution >= 4 is 33.2 Å². The number of amides is 1. The van der Waals surface area contributed by atoms with Gasteiger partial charge in [0.05, 0.1) is 24.2 Å². The van der Waals surface area contributed by atoms with Gasteiger partial charge in [-0.05, 0) is 79.8 Å². The molecule has 42 heavy (non-hydrogen) atoms. The Labute approximate surface area is 255 Å². The average molecular weight is 615 g/mol. The van der Waals surface area contributed by atoms with Crippen LogP contribution in [0.3, 0.4) is 0 Å². The highest BCUT2D eigenvalue weighted by Gasteiger charge is 2.40. The second kappa shape index (κ2) is 14.1. The summed E-state index contributed by atoms with van der Waals surface area (Å²) in [5.74, 6) is 0.0926. The summed E-state index contributed by atoms with van der Waals surface area (Å²) in [4.78, 5) is 15.4. The van der Waals surface area contributed by atoms with E-state index < -0.39 is 22.0 Å². The molecule has 2 unspecified atom stereocenters. The molecule has 2 N–H and O–H groups in total. The number of sulfonamides is 1. The van der Waals surface area contributed by atoms with Gasteiger partial charge in [0.2, 0.25) is 10.0 Å². The van der Waals surface area contributed by atoms with E-state index in [4.69, 9.17) is 16.3 Å². The molecular formula is C33H43ClN2O5S. The van der Waals surface area contributed by atoms with Crippen LogP contribution < -0.4 is 14.4 Å². The van der Waals surface area contributed by atoms with Gasteiger partial charge in [-0.1, -0.05) is 55.7 Å². The minimum Gasteiger partial charge on any atom is -0.490 e. The number of fused-ring (bicyclic) bond motifs is 1. The van der Waals surface area contributed by atoms with Crippen molar-refractivity contribution in [2.45, 2.75) is 63.4 Å². The van der Waals surface area contributed by atoms with Crippen molar-refractivity contribution in [3.63, 3.8) is 0 Å². The lowest BCUT2D eigenvalue weighted by molar-refractivity contribution is 0.0832. The van der Waals surface area contributed by atoms with Gasteiger partial charge in [-0.25, -0.2) is 13.1 Å². The molecule has 1 amide bonds. The Morgan fingerprint density at radius 1 is 1.24 bits per heavy atom. The third kappa shape index (κ3) is 7.57. The van der Waals surface area contributed by atoms with E-state index >= 15 is 0 Å². The first-order valence-corrected chi connectivity index (χ1v) is 16.9. The van der Waals surface area contributed by atoms with Crippen molar-refractivity contribution < 1.29 is 23.1 Å². The van der Waals surface area contributed by atoms with Crippen LogP contribution in [-0.4, -0.2) is 51.0 Å². The number of rotatable bonds is 12. The molecule has 2 aliphatic rings. The lowest BCUT2D eigenvalue weighted by Gasteiger charge is -2.41. The number of aliphatic hydroxyl groups is 1. The Balaban J connectivity index is 1.71. The van der Waals surface area contributed by atoms with E-state index in [1.165, 1.54) is 0 Å². The Hall–Kier alpha value is -2.81.